The van der Waals surface area contributed by atoms with Crippen molar-refractivity contribution in [3.05, 3.63) is 12.2 Å². The molecule has 6 N–H and O–H groups in total. The average Bonchev–Trinajstić information content (AvgIpc) is 2.78. The topological polar surface area (TPSA) is 171 Å². The van der Waals surface area contributed by atoms with Crippen molar-refractivity contribution in [2.24, 2.45) is 5.73 Å². The Morgan fingerprint density at radius 1 is 1.39 bits per heavy atom. The van der Waals surface area contributed by atoms with Gasteiger partial charge in [-0.05, 0) is 31.8 Å². The van der Waals surface area contributed by atoms with E-state index in [9.17, 15) is 29.1 Å². The highest BCUT2D eigenvalue weighted by Gasteiger charge is 2.35. The number of carbonyl (C=O) groups is 5. The van der Waals surface area contributed by atoms with Gasteiger partial charge in [-0.25, -0.2) is 0 Å². The van der Waals surface area contributed by atoms with Gasteiger partial charge in [-0.3, -0.25) is 29.8 Å². The molecule has 0 saturated carbocycles. The maximum Gasteiger partial charge on any atom is 0.247 e. The van der Waals surface area contributed by atoms with Crippen LogP contribution >= 0.6 is 11.8 Å². The second kappa shape index (κ2) is 14.9. The Balaban J connectivity index is 3.16. The molecule has 0 aromatic rings. The summed E-state index contributed by atoms with van der Waals surface area (Å²) in [5, 5.41) is 17.8. The lowest BCUT2D eigenvalue weighted by Crippen LogP contribution is -2.61. The Labute approximate surface area is 198 Å². The molecule has 1 aliphatic rings. The molecule has 1 rings (SSSR count). The number of aliphatic hydroxyl groups is 1. The summed E-state index contributed by atoms with van der Waals surface area (Å²) in [4.78, 5) is 63.6. The monoisotopic (exact) mass is 485 g/mol. The second-order valence-corrected chi connectivity index (χ2v) is 8.85. The van der Waals surface area contributed by atoms with E-state index in [1.807, 2.05) is 6.26 Å². The first-order valence-electron chi connectivity index (χ1n) is 10.7. The lowest BCUT2D eigenvalue weighted by molar-refractivity contribution is -0.139. The van der Waals surface area contributed by atoms with Crippen molar-refractivity contribution in [1.82, 2.24) is 20.9 Å². The second-order valence-electron chi connectivity index (χ2n) is 7.87. The number of carbonyl (C=O) groups excluding carboxylic acids is 5. The van der Waals surface area contributed by atoms with Crippen LogP contribution in [-0.4, -0.2) is 102 Å². The molecule has 186 valence electrons. The fourth-order valence-electron chi connectivity index (χ4n) is 3.02. The third kappa shape index (κ3) is 9.72. The Kier molecular flexibility index (Phi) is 13.1. The number of hydrogen-bond acceptors (Lipinski definition) is 10. The molecule has 1 heterocycles. The first-order chi connectivity index (χ1) is 15.6. The lowest BCUT2D eigenvalue weighted by Gasteiger charge is -2.27. The van der Waals surface area contributed by atoms with E-state index in [1.54, 1.807) is 12.2 Å². The molecule has 0 bridgehead atoms. The van der Waals surface area contributed by atoms with Crippen LogP contribution in [0.4, 0.5) is 0 Å². The number of nitrogens with two attached hydrogens (primary N) is 1. The van der Waals surface area contributed by atoms with Crippen LogP contribution in [0, 0.1) is 0 Å². The fourth-order valence-corrected chi connectivity index (χ4v) is 3.51. The molecule has 12 heteroatoms. The molecule has 0 unspecified atom stereocenters. The molecule has 33 heavy (non-hydrogen) atoms. The number of aliphatic hydroxyl groups excluding tert-OH is 1. The van der Waals surface area contributed by atoms with Gasteiger partial charge in [-0.2, -0.15) is 11.8 Å². The van der Waals surface area contributed by atoms with E-state index in [0.29, 0.717) is 24.9 Å². The van der Waals surface area contributed by atoms with E-state index in [-0.39, 0.29) is 18.9 Å². The first-order valence-corrected chi connectivity index (χ1v) is 12.1. The zero-order valence-electron chi connectivity index (χ0n) is 19.3. The summed E-state index contributed by atoms with van der Waals surface area (Å²) in [5.74, 6) is -1.64. The molecule has 1 aliphatic heterocycles. The van der Waals surface area contributed by atoms with Gasteiger partial charge < -0.3 is 25.9 Å². The molecule has 0 aromatic heterocycles. The summed E-state index contributed by atoms with van der Waals surface area (Å²) < 4.78 is 0. The van der Waals surface area contributed by atoms with Gasteiger partial charge in [0, 0.05) is 20.0 Å². The zero-order chi connectivity index (χ0) is 25.0. The van der Waals surface area contributed by atoms with Crippen LogP contribution in [0.3, 0.4) is 0 Å². The summed E-state index contributed by atoms with van der Waals surface area (Å²) in [5.41, 5.74) is 5.75. The number of ketones is 2. The summed E-state index contributed by atoms with van der Waals surface area (Å²) >= 11 is 1.54. The van der Waals surface area contributed by atoms with Crippen molar-refractivity contribution >= 4 is 41.4 Å². The molecular weight excluding hydrogens is 450 g/mol. The van der Waals surface area contributed by atoms with Crippen molar-refractivity contribution in [3.8, 4) is 0 Å². The maximum absolute atomic E-state index is 12.9. The van der Waals surface area contributed by atoms with Crippen LogP contribution in [0.1, 0.15) is 26.2 Å². The van der Waals surface area contributed by atoms with E-state index >= 15 is 0 Å². The molecule has 0 spiro atoms. The molecule has 5 atom stereocenters. The van der Waals surface area contributed by atoms with Gasteiger partial charge in [0.15, 0.2) is 11.6 Å². The zero-order valence-corrected chi connectivity index (χ0v) is 20.1. The van der Waals surface area contributed by atoms with Gasteiger partial charge in [0.2, 0.25) is 11.8 Å². The molecule has 11 nitrogen and oxygen atoms in total. The minimum absolute atomic E-state index is 0.119. The number of aldehydes is 1. The fraction of sp³-hybridized carbons (Fsp3) is 0.667. The maximum atomic E-state index is 12.9. The summed E-state index contributed by atoms with van der Waals surface area (Å²) in [6.45, 7) is 1.06. The van der Waals surface area contributed by atoms with Gasteiger partial charge in [-0.15, -0.1) is 0 Å². The molecule has 0 fully saturated rings. The Morgan fingerprint density at radius 3 is 2.70 bits per heavy atom. The Bertz CT molecular complexity index is 732. The largest absolute Gasteiger partial charge is 0.391 e. The summed E-state index contributed by atoms with van der Waals surface area (Å²) in [6, 6.07) is -3.46. The third-order valence-corrected chi connectivity index (χ3v) is 5.77. The minimum Gasteiger partial charge on any atom is -0.391 e. The van der Waals surface area contributed by atoms with Crippen molar-refractivity contribution in [2.75, 3.05) is 32.1 Å². The third-order valence-electron chi connectivity index (χ3n) is 5.13. The minimum atomic E-state index is -1.46. The number of allylic oxidation sites excluding steroid dienone is 1. The van der Waals surface area contributed by atoms with Crippen LogP contribution in [-0.2, 0) is 24.0 Å². The predicted octanol–water partition coefficient (Wildman–Crippen LogP) is -2.05. The van der Waals surface area contributed by atoms with E-state index in [2.05, 4.69) is 16.0 Å². The van der Waals surface area contributed by atoms with E-state index in [4.69, 9.17) is 5.73 Å². The SMILES string of the molecule is CSCC[C@H](C=O)N[C@@H]1NC(=O)CCC=CCN(C)C(=O)[C@H](C(=O)[C@@H](N)[C@H](C)O)NCC1=O. The summed E-state index contributed by atoms with van der Waals surface area (Å²) in [7, 11) is 1.49. The van der Waals surface area contributed by atoms with Crippen LogP contribution in [0.25, 0.3) is 0 Å². The lowest BCUT2D eigenvalue weighted by atomic mass is 10.0. The number of nitrogens with zero attached hydrogens (tertiary/aromatic N) is 1. The standard InChI is InChI=1S/C21H35N5O6S/c1-13(28)17(22)19(31)18-21(32)26(2)9-6-4-5-7-16(30)25-20(15(29)11-23-18)24-14(12-27)8-10-33-3/h4,6,12-14,17-18,20,23-24,28H,5,7-11,22H2,1-3H3,(H,25,30)/t13-,14+,17-,18-,20+/m0/s1. The smallest absolute Gasteiger partial charge is 0.247 e. The molecule has 0 aliphatic carbocycles. The highest BCUT2D eigenvalue weighted by atomic mass is 32.2. The highest BCUT2D eigenvalue weighted by molar-refractivity contribution is 7.98. The van der Waals surface area contributed by atoms with E-state index < -0.39 is 54.4 Å². The first kappa shape index (κ1) is 28.9. The van der Waals surface area contributed by atoms with Crippen molar-refractivity contribution < 1.29 is 29.1 Å². The average molecular weight is 486 g/mol. The van der Waals surface area contributed by atoms with Gasteiger partial charge in [-0.1, -0.05) is 12.2 Å². The number of rotatable bonds is 9. The van der Waals surface area contributed by atoms with Crippen LogP contribution in [0.5, 0.6) is 0 Å². The van der Waals surface area contributed by atoms with Crippen molar-refractivity contribution in [2.45, 2.75) is 56.6 Å². The Morgan fingerprint density at radius 2 is 2.09 bits per heavy atom. The molecule has 0 radical (unpaired) electrons. The number of likely N-dealkylation sites (N-methyl/N-ethyl adjacent to an activating group) is 1. The van der Waals surface area contributed by atoms with E-state index in [0.717, 1.165) is 0 Å². The van der Waals surface area contributed by atoms with Gasteiger partial charge >= 0.3 is 0 Å². The van der Waals surface area contributed by atoms with Gasteiger partial charge in [0.05, 0.1) is 24.7 Å². The van der Waals surface area contributed by atoms with E-state index in [1.165, 1.54) is 30.6 Å². The van der Waals surface area contributed by atoms with Gasteiger partial charge in [0.1, 0.15) is 18.5 Å². The van der Waals surface area contributed by atoms with Gasteiger partial charge in [0.25, 0.3) is 0 Å². The number of nitrogens with one attached hydrogen (secondary N) is 3. The van der Waals surface area contributed by atoms with Crippen LogP contribution in [0.15, 0.2) is 12.2 Å². The molecular formula is C21H35N5O6S. The Hall–Kier alpha value is -2.12. The molecule has 0 aromatic carbocycles. The predicted molar refractivity (Wildman–Crippen MR) is 125 cm³/mol. The number of Topliss-reactive ketones (excluding diaryl/α,β-unsaturated/α-hetero) is 2. The number of hydrogen-bond donors (Lipinski definition) is 5. The number of amides is 2. The van der Waals surface area contributed by atoms with Crippen molar-refractivity contribution in [3.63, 3.8) is 0 Å². The van der Waals surface area contributed by atoms with Crippen molar-refractivity contribution in [1.29, 1.82) is 0 Å². The van der Waals surface area contributed by atoms with Crippen LogP contribution in [0.2, 0.25) is 0 Å². The molecule has 2 amide bonds. The normalized spacial score (nSPS) is 23.9. The van der Waals surface area contributed by atoms with Crippen LogP contribution < -0.4 is 21.7 Å². The highest BCUT2D eigenvalue weighted by Crippen LogP contribution is 2.04. The summed E-state index contributed by atoms with van der Waals surface area (Å²) in [6.07, 6.45) is 4.54. The number of thioether (sulfide) groups is 1. The molecule has 0 saturated heterocycles. The quantitative estimate of drug-likeness (QED) is 0.139.